The van der Waals surface area contributed by atoms with Crippen molar-refractivity contribution in [1.82, 2.24) is 5.32 Å². The van der Waals surface area contributed by atoms with Crippen LogP contribution in [0.1, 0.15) is 68.0 Å². The highest BCUT2D eigenvalue weighted by molar-refractivity contribution is 6.30. The minimum absolute atomic E-state index is 0.158. The fourth-order valence-corrected chi connectivity index (χ4v) is 3.76. The molecule has 0 bridgehead atoms. The molecule has 1 heterocycles. The number of hydrogen-bond donors (Lipinski definition) is 1. The number of carbonyl (C=O) groups excluding carboxylic acids is 1. The molecule has 154 valence electrons. The summed E-state index contributed by atoms with van der Waals surface area (Å²) in [6, 6.07) is 13.5. The quantitative estimate of drug-likeness (QED) is 0.350. The predicted octanol–water partition coefficient (Wildman–Crippen LogP) is 7.54. The summed E-state index contributed by atoms with van der Waals surface area (Å²) < 4.78 is 5.98. The van der Waals surface area contributed by atoms with Crippen LogP contribution in [0.5, 0.6) is 0 Å². The SMILES string of the molecule is CCCCCCCCCNC(=O)c1oc2ccc(C)cc2c1-c1ccc(Cl)cc1. The molecule has 29 heavy (non-hydrogen) atoms. The molecule has 0 aliphatic rings. The molecule has 0 spiro atoms. The summed E-state index contributed by atoms with van der Waals surface area (Å²) in [5.41, 5.74) is 3.61. The number of amides is 1. The van der Waals surface area contributed by atoms with Gasteiger partial charge in [-0.25, -0.2) is 0 Å². The van der Waals surface area contributed by atoms with E-state index in [0.29, 0.717) is 17.3 Å². The number of unbranched alkanes of at least 4 members (excludes halogenated alkanes) is 6. The molecule has 1 N–H and O–H groups in total. The molecule has 2 aromatic carbocycles. The van der Waals surface area contributed by atoms with Gasteiger partial charge in [0, 0.05) is 22.5 Å². The summed E-state index contributed by atoms with van der Waals surface area (Å²) >= 11 is 6.05. The van der Waals surface area contributed by atoms with Gasteiger partial charge in [0.2, 0.25) is 5.76 Å². The summed E-state index contributed by atoms with van der Waals surface area (Å²) in [5.74, 6) is 0.214. The molecule has 4 heteroatoms. The van der Waals surface area contributed by atoms with Gasteiger partial charge in [0.15, 0.2) is 0 Å². The van der Waals surface area contributed by atoms with Crippen molar-refractivity contribution in [2.24, 2.45) is 0 Å². The molecule has 0 fully saturated rings. The van der Waals surface area contributed by atoms with Gasteiger partial charge in [-0.2, -0.15) is 0 Å². The normalized spacial score (nSPS) is 11.1. The van der Waals surface area contributed by atoms with Crippen molar-refractivity contribution in [2.75, 3.05) is 6.54 Å². The topological polar surface area (TPSA) is 42.2 Å². The van der Waals surface area contributed by atoms with Crippen LogP contribution in [0.25, 0.3) is 22.1 Å². The smallest absolute Gasteiger partial charge is 0.287 e. The lowest BCUT2D eigenvalue weighted by molar-refractivity contribution is 0.0928. The maximum Gasteiger partial charge on any atom is 0.287 e. The van der Waals surface area contributed by atoms with Gasteiger partial charge in [-0.1, -0.05) is 80.8 Å². The number of hydrogen-bond acceptors (Lipinski definition) is 2. The van der Waals surface area contributed by atoms with E-state index < -0.39 is 0 Å². The Kier molecular flexibility index (Phi) is 7.76. The first kappa shape index (κ1) is 21.4. The van der Waals surface area contributed by atoms with Gasteiger partial charge in [0.1, 0.15) is 5.58 Å². The van der Waals surface area contributed by atoms with Crippen molar-refractivity contribution < 1.29 is 9.21 Å². The van der Waals surface area contributed by atoms with Crippen molar-refractivity contribution in [3.63, 3.8) is 0 Å². The standard InChI is InChI=1S/C25H30ClNO2/c1-3-4-5-6-7-8-9-16-27-25(28)24-23(19-11-13-20(26)14-12-19)21-17-18(2)10-15-22(21)29-24/h10-15,17H,3-9,16H2,1-2H3,(H,27,28). The zero-order chi connectivity index (χ0) is 20.6. The van der Waals surface area contributed by atoms with Crippen molar-refractivity contribution in [1.29, 1.82) is 0 Å². The third kappa shape index (κ3) is 5.63. The molecule has 3 rings (SSSR count). The minimum atomic E-state index is -0.158. The van der Waals surface area contributed by atoms with Crippen LogP contribution in [0.4, 0.5) is 0 Å². The second-order valence-electron chi connectivity index (χ2n) is 7.69. The van der Waals surface area contributed by atoms with Crippen LogP contribution in [0.2, 0.25) is 5.02 Å². The van der Waals surface area contributed by atoms with Crippen molar-refractivity contribution in [2.45, 2.75) is 58.8 Å². The Bertz CT molecular complexity index is 943. The van der Waals surface area contributed by atoms with E-state index in [4.69, 9.17) is 16.0 Å². The van der Waals surface area contributed by atoms with E-state index >= 15 is 0 Å². The molecule has 0 radical (unpaired) electrons. The van der Waals surface area contributed by atoms with Crippen molar-refractivity contribution in [3.05, 3.63) is 58.8 Å². The van der Waals surface area contributed by atoms with E-state index in [0.717, 1.165) is 40.5 Å². The van der Waals surface area contributed by atoms with E-state index in [9.17, 15) is 4.79 Å². The molecule has 0 aliphatic heterocycles. The van der Waals surface area contributed by atoms with E-state index in [2.05, 4.69) is 18.3 Å². The van der Waals surface area contributed by atoms with Gasteiger partial charge in [-0.15, -0.1) is 0 Å². The molecule has 1 aromatic heterocycles. The van der Waals surface area contributed by atoms with Crippen LogP contribution >= 0.6 is 11.6 Å². The van der Waals surface area contributed by atoms with Crippen LogP contribution in [0, 0.1) is 6.92 Å². The van der Waals surface area contributed by atoms with Crippen LogP contribution in [-0.2, 0) is 0 Å². The third-order valence-electron chi connectivity index (χ3n) is 5.25. The fourth-order valence-electron chi connectivity index (χ4n) is 3.64. The van der Waals surface area contributed by atoms with Crippen LogP contribution in [-0.4, -0.2) is 12.5 Å². The lowest BCUT2D eigenvalue weighted by Gasteiger charge is -2.06. The molecule has 0 saturated carbocycles. The summed E-state index contributed by atoms with van der Waals surface area (Å²) in [7, 11) is 0. The average molecular weight is 412 g/mol. The molecule has 0 atom stereocenters. The van der Waals surface area contributed by atoms with Gasteiger partial charge in [-0.05, 0) is 43.2 Å². The molecular weight excluding hydrogens is 382 g/mol. The van der Waals surface area contributed by atoms with E-state index in [-0.39, 0.29) is 5.91 Å². The Morgan fingerprint density at radius 2 is 1.66 bits per heavy atom. The molecule has 0 saturated heterocycles. The number of carbonyl (C=O) groups is 1. The second kappa shape index (κ2) is 10.5. The molecule has 0 aliphatic carbocycles. The average Bonchev–Trinajstić information content (AvgIpc) is 3.09. The van der Waals surface area contributed by atoms with E-state index in [1.54, 1.807) is 0 Å². The summed E-state index contributed by atoms with van der Waals surface area (Å²) in [6.07, 6.45) is 8.55. The largest absolute Gasteiger partial charge is 0.450 e. The van der Waals surface area contributed by atoms with Gasteiger partial charge >= 0.3 is 0 Å². The van der Waals surface area contributed by atoms with E-state index in [1.165, 1.54) is 32.1 Å². The first-order chi connectivity index (χ1) is 14.1. The first-order valence-corrected chi connectivity index (χ1v) is 11.0. The second-order valence-corrected chi connectivity index (χ2v) is 8.13. The Balaban J connectivity index is 1.72. The number of aryl methyl sites for hydroxylation is 1. The Morgan fingerprint density at radius 3 is 2.38 bits per heavy atom. The highest BCUT2D eigenvalue weighted by Crippen LogP contribution is 2.36. The molecule has 0 unspecified atom stereocenters. The number of rotatable bonds is 10. The van der Waals surface area contributed by atoms with Crippen LogP contribution < -0.4 is 5.32 Å². The summed E-state index contributed by atoms with van der Waals surface area (Å²) in [4.78, 5) is 12.9. The van der Waals surface area contributed by atoms with Gasteiger partial charge in [0.25, 0.3) is 5.91 Å². The van der Waals surface area contributed by atoms with Crippen molar-refractivity contribution in [3.8, 4) is 11.1 Å². The number of furan rings is 1. The molecular formula is C25H30ClNO2. The fraction of sp³-hybridized carbons (Fsp3) is 0.400. The molecule has 3 aromatic rings. The predicted molar refractivity (Wildman–Crippen MR) is 122 cm³/mol. The third-order valence-corrected chi connectivity index (χ3v) is 5.50. The number of nitrogens with one attached hydrogen (secondary N) is 1. The highest BCUT2D eigenvalue weighted by atomic mass is 35.5. The summed E-state index contributed by atoms with van der Waals surface area (Å²) in [5, 5.41) is 4.66. The molecule has 1 amide bonds. The van der Waals surface area contributed by atoms with E-state index in [1.807, 2.05) is 43.3 Å². The lowest BCUT2D eigenvalue weighted by Crippen LogP contribution is -2.24. The maximum absolute atomic E-state index is 12.9. The Morgan fingerprint density at radius 1 is 0.966 bits per heavy atom. The van der Waals surface area contributed by atoms with Crippen LogP contribution in [0.15, 0.2) is 46.9 Å². The van der Waals surface area contributed by atoms with Gasteiger partial charge in [0.05, 0.1) is 0 Å². The number of benzene rings is 2. The summed E-state index contributed by atoms with van der Waals surface area (Å²) in [6.45, 7) is 4.94. The monoisotopic (exact) mass is 411 g/mol. The van der Waals surface area contributed by atoms with Gasteiger partial charge in [-0.3, -0.25) is 4.79 Å². The maximum atomic E-state index is 12.9. The molecule has 3 nitrogen and oxygen atoms in total. The van der Waals surface area contributed by atoms with Gasteiger partial charge < -0.3 is 9.73 Å². The van der Waals surface area contributed by atoms with Crippen molar-refractivity contribution >= 4 is 28.5 Å². The van der Waals surface area contributed by atoms with Crippen LogP contribution in [0.3, 0.4) is 0 Å². The number of halogens is 1. The number of fused-ring (bicyclic) bond motifs is 1. The minimum Gasteiger partial charge on any atom is -0.450 e. The first-order valence-electron chi connectivity index (χ1n) is 10.7. The lowest BCUT2D eigenvalue weighted by atomic mass is 10.0. The Hall–Kier alpha value is -2.26. The zero-order valence-electron chi connectivity index (χ0n) is 17.4. The highest BCUT2D eigenvalue weighted by Gasteiger charge is 2.21. The zero-order valence-corrected chi connectivity index (χ0v) is 18.1. The Labute approximate surface area is 178 Å².